The molecule has 3 heteroatoms. The van der Waals surface area contributed by atoms with Gasteiger partial charge in [0.25, 0.3) is 0 Å². The number of hydrogen-bond acceptors (Lipinski definition) is 2. The van der Waals surface area contributed by atoms with E-state index in [-0.39, 0.29) is 5.78 Å². The number of nitrogens with zero attached hydrogens (tertiary/aromatic N) is 1. The van der Waals surface area contributed by atoms with E-state index in [0.29, 0.717) is 18.5 Å². The van der Waals surface area contributed by atoms with Crippen LogP contribution in [0.1, 0.15) is 40.4 Å². The van der Waals surface area contributed by atoms with Gasteiger partial charge >= 0.3 is 0 Å². The van der Waals surface area contributed by atoms with Gasteiger partial charge in [0.1, 0.15) is 11.5 Å². The summed E-state index contributed by atoms with van der Waals surface area (Å²) >= 11 is 0. The zero-order chi connectivity index (χ0) is 18.9. The first-order valence-electron chi connectivity index (χ1n) is 9.51. The van der Waals surface area contributed by atoms with E-state index >= 15 is 0 Å². The van der Waals surface area contributed by atoms with Gasteiger partial charge in [-0.2, -0.15) is 0 Å². The monoisotopic (exact) mass is 352 g/mol. The molecule has 2 aromatic carbocycles. The summed E-state index contributed by atoms with van der Waals surface area (Å²) in [5.41, 5.74) is 2.73. The molecular formula is C23H30NO2+. The molecule has 0 bridgehead atoms. The summed E-state index contributed by atoms with van der Waals surface area (Å²) in [6.07, 6.45) is 0.600. The number of piperidine rings is 1. The molecule has 3 nitrogen and oxygen atoms in total. The molecule has 0 saturated carbocycles. The number of hydrogen-bond donors (Lipinski definition) is 1. The maximum Gasteiger partial charge on any atom is 0.174 e. The lowest BCUT2D eigenvalue weighted by Crippen LogP contribution is -2.60. The summed E-state index contributed by atoms with van der Waals surface area (Å²) in [6, 6.07) is 15.7. The number of quaternary nitrogens is 1. The van der Waals surface area contributed by atoms with Crippen LogP contribution in [0.4, 0.5) is 0 Å². The Kier molecular flexibility index (Phi) is 5.05. The Bertz CT molecular complexity index is 781. The van der Waals surface area contributed by atoms with Crippen LogP contribution < -0.4 is 0 Å². The standard InChI is InChI=1S/C23H30NO2/c1-5-24(4)15-14-23(26,20-12-8-18(3)9-13-20)21(16-24)22(25)19-10-6-17(2)7-11-19/h6-13,21,26H,5,14-16H2,1-4H3/q+1/t21-,23-,24?/m0/s1. The van der Waals surface area contributed by atoms with E-state index < -0.39 is 11.5 Å². The second-order valence-corrected chi connectivity index (χ2v) is 8.17. The van der Waals surface area contributed by atoms with Gasteiger partial charge in [-0.15, -0.1) is 0 Å². The molecule has 0 radical (unpaired) electrons. The lowest BCUT2D eigenvalue weighted by molar-refractivity contribution is -0.917. The van der Waals surface area contributed by atoms with E-state index in [9.17, 15) is 9.90 Å². The summed E-state index contributed by atoms with van der Waals surface area (Å²) in [5, 5.41) is 11.7. The van der Waals surface area contributed by atoms with Crippen molar-refractivity contribution in [1.29, 1.82) is 0 Å². The maximum absolute atomic E-state index is 13.4. The maximum atomic E-state index is 13.4. The number of benzene rings is 2. The van der Waals surface area contributed by atoms with Crippen molar-refractivity contribution < 1.29 is 14.4 Å². The van der Waals surface area contributed by atoms with Gasteiger partial charge in [0, 0.05) is 12.0 Å². The highest BCUT2D eigenvalue weighted by Crippen LogP contribution is 2.41. The summed E-state index contributed by atoms with van der Waals surface area (Å²) in [5.74, 6) is -0.391. The normalized spacial score (nSPS) is 28.7. The van der Waals surface area contributed by atoms with Crippen LogP contribution in [-0.4, -0.2) is 42.1 Å². The molecular weight excluding hydrogens is 322 g/mol. The first-order chi connectivity index (χ1) is 12.3. The Morgan fingerprint density at radius 3 is 2.15 bits per heavy atom. The molecule has 1 aliphatic rings. The lowest BCUT2D eigenvalue weighted by atomic mass is 9.72. The number of ketones is 1. The van der Waals surface area contributed by atoms with Crippen LogP contribution in [-0.2, 0) is 5.60 Å². The molecule has 1 saturated heterocycles. The topological polar surface area (TPSA) is 37.3 Å². The fraction of sp³-hybridized carbons (Fsp3) is 0.435. The second-order valence-electron chi connectivity index (χ2n) is 8.17. The minimum atomic E-state index is -1.11. The third-order valence-electron chi connectivity index (χ3n) is 6.20. The van der Waals surface area contributed by atoms with E-state index in [2.05, 4.69) is 14.0 Å². The molecule has 26 heavy (non-hydrogen) atoms. The summed E-state index contributed by atoms with van der Waals surface area (Å²) in [7, 11) is 2.18. The average molecular weight is 352 g/mol. The Morgan fingerprint density at radius 1 is 1.08 bits per heavy atom. The predicted molar refractivity (Wildman–Crippen MR) is 105 cm³/mol. The number of aryl methyl sites for hydroxylation is 2. The van der Waals surface area contributed by atoms with Crippen LogP contribution in [0, 0.1) is 19.8 Å². The molecule has 0 amide bonds. The summed E-state index contributed by atoms with van der Waals surface area (Å²) in [4.78, 5) is 13.4. The van der Waals surface area contributed by atoms with E-state index in [1.54, 1.807) is 0 Å². The minimum Gasteiger partial charge on any atom is -0.384 e. The lowest BCUT2D eigenvalue weighted by Gasteiger charge is -2.48. The molecule has 138 valence electrons. The number of likely N-dealkylation sites (tertiary alicyclic amines) is 1. The van der Waals surface area contributed by atoms with Crippen molar-refractivity contribution in [3.63, 3.8) is 0 Å². The highest BCUT2D eigenvalue weighted by Gasteiger charge is 2.51. The van der Waals surface area contributed by atoms with Crippen LogP contribution in [0.3, 0.4) is 0 Å². The quantitative estimate of drug-likeness (QED) is 0.670. The van der Waals surface area contributed by atoms with Crippen molar-refractivity contribution >= 4 is 5.78 Å². The molecule has 3 atom stereocenters. The van der Waals surface area contributed by atoms with Crippen LogP contribution in [0.5, 0.6) is 0 Å². The first-order valence-corrected chi connectivity index (χ1v) is 9.51. The van der Waals surface area contributed by atoms with Crippen LogP contribution in [0.15, 0.2) is 48.5 Å². The van der Waals surface area contributed by atoms with Gasteiger partial charge in [0.15, 0.2) is 5.78 Å². The SMILES string of the molecule is CC[N+]1(C)CC[C@](O)(c2ccc(C)cc2)[C@H](C(=O)c2ccc(C)cc2)C1. The third kappa shape index (κ3) is 3.46. The second kappa shape index (κ2) is 6.98. The number of aliphatic hydroxyl groups is 1. The van der Waals surface area contributed by atoms with Gasteiger partial charge < -0.3 is 9.59 Å². The fourth-order valence-electron chi connectivity index (χ4n) is 3.99. The van der Waals surface area contributed by atoms with Crippen molar-refractivity contribution in [3.05, 3.63) is 70.8 Å². The Hall–Kier alpha value is -1.97. The molecule has 0 aromatic heterocycles. The molecule has 1 fully saturated rings. The molecule has 3 rings (SSSR count). The van der Waals surface area contributed by atoms with Gasteiger partial charge in [-0.1, -0.05) is 59.7 Å². The van der Waals surface area contributed by atoms with Gasteiger partial charge in [-0.3, -0.25) is 4.79 Å². The van der Waals surface area contributed by atoms with E-state index in [4.69, 9.17) is 0 Å². The average Bonchev–Trinajstić information content (AvgIpc) is 2.64. The van der Waals surface area contributed by atoms with Gasteiger partial charge in [-0.25, -0.2) is 0 Å². The van der Waals surface area contributed by atoms with E-state index in [1.165, 1.54) is 0 Å². The molecule has 1 N–H and O–H groups in total. The highest BCUT2D eigenvalue weighted by molar-refractivity contribution is 5.98. The Labute approximate surface area is 156 Å². The van der Waals surface area contributed by atoms with Crippen molar-refractivity contribution in [1.82, 2.24) is 0 Å². The smallest absolute Gasteiger partial charge is 0.174 e. The molecule has 2 aromatic rings. The minimum absolute atomic E-state index is 0.0468. The van der Waals surface area contributed by atoms with Gasteiger partial charge in [-0.05, 0) is 26.3 Å². The largest absolute Gasteiger partial charge is 0.384 e. The van der Waals surface area contributed by atoms with Gasteiger partial charge in [0.05, 0.1) is 26.7 Å². The van der Waals surface area contributed by atoms with Crippen LogP contribution >= 0.6 is 0 Å². The van der Waals surface area contributed by atoms with Gasteiger partial charge in [0.2, 0.25) is 0 Å². The molecule has 0 aliphatic carbocycles. The number of rotatable bonds is 4. The predicted octanol–water partition coefficient (Wildman–Crippen LogP) is 3.86. The van der Waals surface area contributed by atoms with E-state index in [1.807, 2.05) is 62.4 Å². The third-order valence-corrected chi connectivity index (χ3v) is 6.20. The molecule has 1 unspecified atom stereocenters. The van der Waals surface area contributed by atoms with Crippen molar-refractivity contribution in [2.24, 2.45) is 5.92 Å². The first kappa shape index (κ1) is 18.8. The van der Waals surface area contributed by atoms with Crippen molar-refractivity contribution in [3.8, 4) is 0 Å². The van der Waals surface area contributed by atoms with Crippen molar-refractivity contribution in [2.75, 3.05) is 26.7 Å². The number of Topliss-reactive ketones (excluding diaryl/α,β-unsaturated/α-hetero) is 1. The summed E-state index contributed by atoms with van der Waals surface area (Å²) < 4.78 is 0.816. The number of carbonyl (C=O) groups is 1. The Balaban J connectivity index is 2.03. The molecule has 0 spiro atoms. The number of carbonyl (C=O) groups excluding carboxylic acids is 1. The van der Waals surface area contributed by atoms with Crippen LogP contribution in [0.2, 0.25) is 0 Å². The van der Waals surface area contributed by atoms with Crippen LogP contribution in [0.25, 0.3) is 0 Å². The summed E-state index contributed by atoms with van der Waals surface area (Å²) in [6.45, 7) is 8.70. The zero-order valence-electron chi connectivity index (χ0n) is 16.3. The molecule has 1 aliphatic heterocycles. The Morgan fingerprint density at radius 2 is 1.62 bits per heavy atom. The molecule has 1 heterocycles. The fourth-order valence-corrected chi connectivity index (χ4v) is 3.99. The van der Waals surface area contributed by atoms with Crippen molar-refractivity contribution in [2.45, 2.75) is 32.8 Å². The van der Waals surface area contributed by atoms with E-state index in [0.717, 1.165) is 34.3 Å². The highest BCUT2D eigenvalue weighted by atomic mass is 16.3. The zero-order valence-corrected chi connectivity index (χ0v) is 16.3.